The highest BCUT2D eigenvalue weighted by Gasteiger charge is 2.18. The number of nitrogens with one attached hydrogen (secondary N) is 1. The van der Waals surface area contributed by atoms with E-state index in [1.54, 1.807) is 0 Å². The number of unbranched alkanes of at least 4 members (excludes halogenated alkanes) is 2. The van der Waals surface area contributed by atoms with Gasteiger partial charge in [0.1, 0.15) is 5.60 Å². The van der Waals surface area contributed by atoms with Gasteiger partial charge in [-0.2, -0.15) is 0 Å². The summed E-state index contributed by atoms with van der Waals surface area (Å²) < 4.78 is 5.30. The van der Waals surface area contributed by atoms with E-state index in [9.17, 15) is 4.79 Å². The van der Waals surface area contributed by atoms with Crippen LogP contribution in [0.15, 0.2) is 17.5 Å². The fraction of sp³-hybridized carbons (Fsp3) is 0.706. The largest absolute Gasteiger partial charge is 0.444 e. The molecule has 0 radical (unpaired) electrons. The average Bonchev–Trinajstić information content (AvgIpc) is 2.87. The molecule has 0 aliphatic rings. The Kier molecular flexibility index (Phi) is 7.79. The summed E-state index contributed by atoms with van der Waals surface area (Å²) >= 11 is 1.83. The van der Waals surface area contributed by atoms with Gasteiger partial charge in [-0.15, -0.1) is 11.3 Å². The molecule has 0 saturated carbocycles. The molecule has 1 aromatic rings. The second-order valence-corrected chi connectivity index (χ2v) is 7.46. The molecule has 1 amide bonds. The van der Waals surface area contributed by atoms with Gasteiger partial charge in [-0.05, 0) is 57.9 Å². The maximum absolute atomic E-state index is 11.7. The van der Waals surface area contributed by atoms with E-state index < -0.39 is 5.60 Å². The summed E-state index contributed by atoms with van der Waals surface area (Å²) in [6.45, 7) is 7.77. The molecule has 1 unspecified atom stereocenters. The third-order valence-corrected chi connectivity index (χ3v) is 4.21. The standard InChI is InChI=1S/C17H29NO2S/c1-5-14(18-16(19)20-17(2,3)4)10-7-6-8-11-15-12-9-13-21-15/h9,12-14H,5-8,10-11H2,1-4H3,(H,18,19). The molecule has 1 atom stereocenters. The van der Waals surface area contributed by atoms with Crippen LogP contribution in [-0.2, 0) is 11.2 Å². The molecule has 0 aliphatic heterocycles. The Morgan fingerprint density at radius 3 is 2.67 bits per heavy atom. The number of aryl methyl sites for hydroxylation is 1. The van der Waals surface area contributed by atoms with E-state index in [1.807, 2.05) is 32.1 Å². The molecule has 4 heteroatoms. The summed E-state index contributed by atoms with van der Waals surface area (Å²) in [7, 11) is 0. The van der Waals surface area contributed by atoms with Crippen LogP contribution in [0.1, 0.15) is 64.7 Å². The summed E-state index contributed by atoms with van der Waals surface area (Å²) in [6.07, 6.45) is 6.44. The zero-order valence-electron chi connectivity index (χ0n) is 13.8. The topological polar surface area (TPSA) is 38.3 Å². The molecule has 0 bridgehead atoms. The van der Waals surface area contributed by atoms with E-state index in [2.05, 4.69) is 29.8 Å². The summed E-state index contributed by atoms with van der Waals surface area (Å²) in [5, 5.41) is 5.10. The summed E-state index contributed by atoms with van der Waals surface area (Å²) in [5.41, 5.74) is -0.427. The van der Waals surface area contributed by atoms with Gasteiger partial charge in [0.2, 0.25) is 0 Å². The molecular formula is C17H29NO2S. The predicted octanol–water partition coefficient (Wildman–Crippen LogP) is 5.15. The van der Waals surface area contributed by atoms with Gasteiger partial charge in [0, 0.05) is 10.9 Å². The first-order chi connectivity index (χ1) is 9.90. The molecule has 21 heavy (non-hydrogen) atoms. The van der Waals surface area contributed by atoms with Crippen LogP contribution in [0.3, 0.4) is 0 Å². The Morgan fingerprint density at radius 2 is 2.10 bits per heavy atom. The number of carbonyl (C=O) groups is 1. The smallest absolute Gasteiger partial charge is 0.407 e. The SMILES string of the molecule is CCC(CCCCCc1cccs1)NC(=O)OC(C)(C)C. The number of rotatable bonds is 8. The molecule has 0 spiro atoms. The Labute approximate surface area is 133 Å². The fourth-order valence-corrected chi connectivity index (χ4v) is 2.93. The highest BCUT2D eigenvalue weighted by atomic mass is 32.1. The summed E-state index contributed by atoms with van der Waals surface area (Å²) in [4.78, 5) is 13.2. The lowest BCUT2D eigenvalue weighted by Gasteiger charge is -2.23. The zero-order chi connectivity index (χ0) is 15.7. The monoisotopic (exact) mass is 311 g/mol. The maximum atomic E-state index is 11.7. The van der Waals surface area contributed by atoms with Crippen LogP contribution in [0, 0.1) is 0 Å². The van der Waals surface area contributed by atoms with Crippen molar-refractivity contribution in [1.29, 1.82) is 0 Å². The van der Waals surface area contributed by atoms with Crippen LogP contribution in [0.25, 0.3) is 0 Å². The molecule has 120 valence electrons. The van der Waals surface area contributed by atoms with Crippen molar-refractivity contribution >= 4 is 17.4 Å². The van der Waals surface area contributed by atoms with E-state index in [-0.39, 0.29) is 12.1 Å². The number of amides is 1. The number of carbonyl (C=O) groups excluding carboxylic acids is 1. The van der Waals surface area contributed by atoms with E-state index in [1.165, 1.54) is 24.1 Å². The summed E-state index contributed by atoms with van der Waals surface area (Å²) in [5.74, 6) is 0. The third kappa shape index (κ3) is 8.76. The molecule has 3 nitrogen and oxygen atoms in total. The number of alkyl carbamates (subject to hydrolysis) is 1. The molecule has 0 saturated heterocycles. The minimum absolute atomic E-state index is 0.224. The molecular weight excluding hydrogens is 282 g/mol. The Bertz CT molecular complexity index is 395. The molecule has 1 rings (SSSR count). The van der Waals surface area contributed by atoms with Gasteiger partial charge in [-0.25, -0.2) is 4.79 Å². The van der Waals surface area contributed by atoms with E-state index >= 15 is 0 Å². The Balaban J connectivity index is 2.14. The molecule has 0 fully saturated rings. The van der Waals surface area contributed by atoms with Crippen molar-refractivity contribution in [1.82, 2.24) is 5.32 Å². The van der Waals surface area contributed by atoms with E-state index in [4.69, 9.17) is 4.74 Å². The van der Waals surface area contributed by atoms with Gasteiger partial charge >= 0.3 is 6.09 Å². The molecule has 0 aliphatic carbocycles. The molecule has 0 aromatic carbocycles. The Hall–Kier alpha value is -1.03. The first-order valence-electron chi connectivity index (χ1n) is 7.92. The van der Waals surface area contributed by atoms with Crippen LogP contribution in [0.5, 0.6) is 0 Å². The van der Waals surface area contributed by atoms with Gasteiger partial charge in [-0.1, -0.05) is 25.8 Å². The predicted molar refractivity (Wildman–Crippen MR) is 89.9 cm³/mol. The lowest BCUT2D eigenvalue weighted by atomic mass is 10.1. The second kappa shape index (κ2) is 9.08. The van der Waals surface area contributed by atoms with Crippen LogP contribution < -0.4 is 5.32 Å². The van der Waals surface area contributed by atoms with Crippen LogP contribution >= 0.6 is 11.3 Å². The van der Waals surface area contributed by atoms with Gasteiger partial charge in [-0.3, -0.25) is 0 Å². The van der Waals surface area contributed by atoms with Crippen LogP contribution in [-0.4, -0.2) is 17.7 Å². The summed E-state index contributed by atoms with van der Waals surface area (Å²) in [6, 6.07) is 4.53. The van der Waals surface area contributed by atoms with Crippen LogP contribution in [0.2, 0.25) is 0 Å². The minimum atomic E-state index is -0.427. The fourth-order valence-electron chi connectivity index (χ4n) is 2.17. The van der Waals surface area contributed by atoms with Gasteiger partial charge < -0.3 is 10.1 Å². The van der Waals surface area contributed by atoms with Gasteiger partial charge in [0.15, 0.2) is 0 Å². The van der Waals surface area contributed by atoms with Crippen molar-refractivity contribution in [2.24, 2.45) is 0 Å². The van der Waals surface area contributed by atoms with Crippen molar-refractivity contribution < 1.29 is 9.53 Å². The molecule has 1 N–H and O–H groups in total. The van der Waals surface area contributed by atoms with Crippen molar-refractivity contribution in [3.63, 3.8) is 0 Å². The number of hydrogen-bond acceptors (Lipinski definition) is 3. The normalized spacial score (nSPS) is 13.0. The third-order valence-electron chi connectivity index (χ3n) is 3.27. The molecule has 1 aromatic heterocycles. The van der Waals surface area contributed by atoms with E-state index in [0.29, 0.717) is 0 Å². The number of thiophene rings is 1. The van der Waals surface area contributed by atoms with Crippen molar-refractivity contribution in [2.45, 2.75) is 77.9 Å². The van der Waals surface area contributed by atoms with Crippen molar-refractivity contribution in [3.05, 3.63) is 22.4 Å². The van der Waals surface area contributed by atoms with Gasteiger partial charge in [0.25, 0.3) is 0 Å². The first kappa shape index (κ1) is 18.0. The maximum Gasteiger partial charge on any atom is 0.407 e. The number of hydrogen-bond donors (Lipinski definition) is 1. The van der Waals surface area contributed by atoms with Crippen molar-refractivity contribution in [3.8, 4) is 0 Å². The minimum Gasteiger partial charge on any atom is -0.444 e. The molecule has 1 heterocycles. The van der Waals surface area contributed by atoms with Crippen LogP contribution in [0.4, 0.5) is 4.79 Å². The quantitative estimate of drug-likeness (QED) is 0.674. The number of ether oxygens (including phenoxy) is 1. The average molecular weight is 311 g/mol. The van der Waals surface area contributed by atoms with E-state index in [0.717, 1.165) is 19.3 Å². The lowest BCUT2D eigenvalue weighted by molar-refractivity contribution is 0.0500. The zero-order valence-corrected chi connectivity index (χ0v) is 14.6. The Morgan fingerprint density at radius 1 is 1.33 bits per heavy atom. The van der Waals surface area contributed by atoms with Gasteiger partial charge in [0.05, 0.1) is 0 Å². The van der Waals surface area contributed by atoms with Crippen molar-refractivity contribution in [2.75, 3.05) is 0 Å². The highest BCUT2D eigenvalue weighted by Crippen LogP contribution is 2.14. The lowest BCUT2D eigenvalue weighted by Crippen LogP contribution is -2.38. The first-order valence-corrected chi connectivity index (χ1v) is 8.80. The highest BCUT2D eigenvalue weighted by molar-refractivity contribution is 7.09. The second-order valence-electron chi connectivity index (χ2n) is 6.43.